The normalized spacial score (nSPS) is 17.9. The molecule has 3 aliphatic rings. The van der Waals surface area contributed by atoms with Gasteiger partial charge in [-0.15, -0.1) is 10.2 Å². The van der Waals surface area contributed by atoms with Gasteiger partial charge in [0.05, 0.1) is 11.4 Å². The summed E-state index contributed by atoms with van der Waals surface area (Å²) in [5.41, 5.74) is 11.9. The molecule has 7 rings (SSSR count). The Morgan fingerprint density at radius 1 is 0.875 bits per heavy atom. The molecule has 0 saturated carbocycles. The van der Waals surface area contributed by atoms with E-state index in [1.807, 2.05) is 24.3 Å². The summed E-state index contributed by atoms with van der Waals surface area (Å²) in [7, 11) is 0. The quantitative estimate of drug-likeness (QED) is 0.375. The molecule has 9 nitrogen and oxygen atoms in total. The highest BCUT2D eigenvalue weighted by molar-refractivity contribution is 5.71. The van der Waals surface area contributed by atoms with Crippen molar-refractivity contribution in [2.24, 2.45) is 0 Å². The first-order valence-corrected chi connectivity index (χ1v) is 14.4. The molecule has 2 aromatic heterocycles. The molecule has 10 heteroatoms. The molecule has 2 aromatic carbocycles. The van der Waals surface area contributed by atoms with Crippen molar-refractivity contribution in [3.05, 3.63) is 65.6 Å². The molecule has 206 valence electrons. The van der Waals surface area contributed by atoms with Gasteiger partial charge in [-0.05, 0) is 93.4 Å². The number of benzene rings is 2. The van der Waals surface area contributed by atoms with Crippen molar-refractivity contribution in [2.75, 3.05) is 42.1 Å². The van der Waals surface area contributed by atoms with Crippen molar-refractivity contribution in [3.63, 3.8) is 0 Å². The fourth-order valence-electron chi connectivity index (χ4n) is 6.47. The molecule has 0 atom stereocenters. The average molecular weight is 540 g/mol. The predicted octanol–water partition coefficient (Wildman–Crippen LogP) is 4.74. The zero-order valence-corrected chi connectivity index (χ0v) is 22.6. The molecule has 1 aliphatic carbocycles. The predicted molar refractivity (Wildman–Crippen MR) is 155 cm³/mol. The minimum absolute atomic E-state index is 0.177. The molecular weight excluding hydrogens is 505 g/mol. The number of hydrogen-bond donors (Lipinski definition) is 2. The summed E-state index contributed by atoms with van der Waals surface area (Å²) in [5.74, 6) is 0.685. The number of aryl methyl sites for hydroxylation is 2. The van der Waals surface area contributed by atoms with Crippen molar-refractivity contribution in [3.8, 4) is 16.9 Å². The Hall–Kier alpha value is -4.05. The van der Waals surface area contributed by atoms with Crippen LogP contribution in [0, 0.1) is 5.82 Å². The van der Waals surface area contributed by atoms with E-state index in [1.54, 1.807) is 0 Å². The molecule has 0 spiro atoms. The van der Waals surface area contributed by atoms with Gasteiger partial charge < -0.3 is 20.9 Å². The maximum Gasteiger partial charge on any atom is 0.248 e. The van der Waals surface area contributed by atoms with Gasteiger partial charge in [-0.3, -0.25) is 0 Å². The highest BCUT2D eigenvalue weighted by atomic mass is 19.1. The zero-order valence-electron chi connectivity index (χ0n) is 22.6. The molecule has 0 amide bonds. The molecule has 40 heavy (non-hydrogen) atoms. The van der Waals surface area contributed by atoms with Crippen LogP contribution >= 0.6 is 0 Å². The summed E-state index contributed by atoms with van der Waals surface area (Å²) >= 11 is 0. The van der Waals surface area contributed by atoms with Crippen molar-refractivity contribution in [1.29, 1.82) is 0 Å². The molecule has 0 radical (unpaired) electrons. The maximum atomic E-state index is 15.2. The van der Waals surface area contributed by atoms with Crippen LogP contribution in [-0.4, -0.2) is 62.1 Å². The number of anilines is 4. The summed E-state index contributed by atoms with van der Waals surface area (Å²) in [6.45, 7) is 4.17. The van der Waals surface area contributed by atoms with E-state index in [-0.39, 0.29) is 17.7 Å². The van der Waals surface area contributed by atoms with E-state index in [4.69, 9.17) is 5.73 Å². The summed E-state index contributed by atoms with van der Waals surface area (Å²) in [5, 5.41) is 16.5. The third-order valence-electron chi connectivity index (χ3n) is 8.54. The average Bonchev–Trinajstić information content (AvgIpc) is 3.60. The molecule has 2 saturated heterocycles. The van der Waals surface area contributed by atoms with Gasteiger partial charge in [-0.2, -0.15) is 14.8 Å². The number of hydrogen-bond acceptors (Lipinski definition) is 8. The number of nitrogens with one attached hydrogen (secondary N) is 1. The van der Waals surface area contributed by atoms with Crippen LogP contribution in [0.5, 0.6) is 0 Å². The Kier molecular flexibility index (Phi) is 6.55. The fourth-order valence-corrected chi connectivity index (χ4v) is 6.47. The van der Waals surface area contributed by atoms with E-state index in [9.17, 15) is 0 Å². The van der Waals surface area contributed by atoms with Crippen LogP contribution in [0.4, 0.5) is 27.7 Å². The smallest absolute Gasteiger partial charge is 0.248 e. The fraction of sp³-hybridized carbons (Fsp3) is 0.400. The number of nitrogen functional groups attached to an aromatic ring is 1. The van der Waals surface area contributed by atoms with Gasteiger partial charge in [0.1, 0.15) is 5.82 Å². The first-order chi connectivity index (χ1) is 19.6. The zero-order chi connectivity index (χ0) is 27.1. The first kappa shape index (κ1) is 25.0. The lowest BCUT2D eigenvalue weighted by Gasteiger charge is -2.37. The van der Waals surface area contributed by atoms with Crippen molar-refractivity contribution in [1.82, 2.24) is 29.9 Å². The lowest BCUT2D eigenvalue weighted by atomic mass is 10.00. The van der Waals surface area contributed by atoms with Crippen molar-refractivity contribution in [2.45, 2.75) is 51.0 Å². The van der Waals surface area contributed by atoms with Gasteiger partial charge in [0.2, 0.25) is 11.9 Å². The molecule has 2 fully saturated rings. The van der Waals surface area contributed by atoms with Crippen LogP contribution in [0.25, 0.3) is 16.9 Å². The number of aromatic nitrogens is 5. The van der Waals surface area contributed by atoms with Crippen LogP contribution in [0.2, 0.25) is 0 Å². The minimum atomic E-state index is -0.257. The molecule has 4 heterocycles. The molecule has 4 aromatic rings. The standard InChI is InChI=1S/C30H34FN9/c31-25-18-21(10-11-27(25)39-16-12-22(13-17-39)38-14-3-4-15-38)33-30-34-29(32)40(37-30)28-19-24-23-8-2-1-6-20(23)7-5-9-26(24)35-36-28/h1-2,6,8,10-11,18-19,22H,3-5,7,9,12-17H2,(H3,32,33,34,37). The topological polar surface area (TPSA) is 101 Å². The molecular formula is C30H34FN9. The Labute approximate surface area is 233 Å². The van der Waals surface area contributed by atoms with Gasteiger partial charge >= 0.3 is 0 Å². The van der Waals surface area contributed by atoms with Gasteiger partial charge in [0.15, 0.2) is 5.82 Å². The monoisotopic (exact) mass is 539 g/mol. The summed E-state index contributed by atoms with van der Waals surface area (Å²) in [6.07, 6.45) is 7.68. The largest absolute Gasteiger partial charge is 0.369 e. The molecule has 2 aliphatic heterocycles. The maximum absolute atomic E-state index is 15.2. The van der Waals surface area contributed by atoms with E-state index in [2.05, 4.69) is 53.6 Å². The Bertz CT molecular complexity index is 1520. The second kappa shape index (κ2) is 10.5. The van der Waals surface area contributed by atoms with Crippen LogP contribution in [0.3, 0.4) is 0 Å². The summed E-state index contributed by atoms with van der Waals surface area (Å²) in [6, 6.07) is 16.2. The van der Waals surface area contributed by atoms with E-state index >= 15 is 4.39 Å². The van der Waals surface area contributed by atoms with Crippen LogP contribution < -0.4 is 16.0 Å². The van der Waals surface area contributed by atoms with Gasteiger partial charge in [-0.25, -0.2) is 4.39 Å². The number of nitrogens with zero attached hydrogens (tertiary/aromatic N) is 7. The molecule has 0 unspecified atom stereocenters. The Balaban J connectivity index is 1.07. The highest BCUT2D eigenvalue weighted by Gasteiger charge is 2.27. The summed E-state index contributed by atoms with van der Waals surface area (Å²) in [4.78, 5) is 9.12. The lowest BCUT2D eigenvalue weighted by Crippen LogP contribution is -2.44. The Morgan fingerprint density at radius 2 is 1.70 bits per heavy atom. The third kappa shape index (κ3) is 4.77. The number of nitrogens with two attached hydrogens (primary N) is 1. The SMILES string of the molecule is Nc1nc(Nc2ccc(N3CCC(N4CCCC4)CC3)c(F)c2)nn1-c1cc2c(nn1)CCCc1ccccc1-2. The second-order valence-corrected chi connectivity index (χ2v) is 11.0. The number of piperidine rings is 1. The molecule has 3 N–H and O–H groups in total. The number of rotatable bonds is 5. The first-order valence-electron chi connectivity index (χ1n) is 14.4. The van der Waals surface area contributed by atoms with Crippen LogP contribution in [-0.2, 0) is 12.8 Å². The Morgan fingerprint density at radius 3 is 2.52 bits per heavy atom. The van der Waals surface area contributed by atoms with E-state index in [0.717, 1.165) is 56.5 Å². The minimum Gasteiger partial charge on any atom is -0.369 e. The number of likely N-dealkylation sites (tertiary alicyclic amines) is 1. The number of fused-ring (bicyclic) bond motifs is 3. The highest BCUT2D eigenvalue weighted by Crippen LogP contribution is 2.33. The van der Waals surface area contributed by atoms with E-state index in [1.165, 1.54) is 47.8 Å². The van der Waals surface area contributed by atoms with E-state index < -0.39 is 0 Å². The number of halogens is 1. The lowest BCUT2D eigenvalue weighted by molar-refractivity contribution is 0.207. The van der Waals surface area contributed by atoms with Gasteiger partial charge in [-0.1, -0.05) is 24.3 Å². The summed E-state index contributed by atoms with van der Waals surface area (Å²) < 4.78 is 16.7. The van der Waals surface area contributed by atoms with Crippen LogP contribution in [0.15, 0.2) is 48.5 Å². The van der Waals surface area contributed by atoms with Gasteiger partial charge in [0.25, 0.3) is 0 Å². The van der Waals surface area contributed by atoms with Crippen molar-refractivity contribution < 1.29 is 4.39 Å². The second-order valence-electron chi connectivity index (χ2n) is 11.0. The molecule has 0 bridgehead atoms. The van der Waals surface area contributed by atoms with Crippen molar-refractivity contribution >= 4 is 23.3 Å². The van der Waals surface area contributed by atoms with Crippen LogP contribution in [0.1, 0.15) is 43.4 Å². The van der Waals surface area contributed by atoms with Gasteiger partial charge in [0, 0.05) is 30.4 Å². The van der Waals surface area contributed by atoms with E-state index in [0.29, 0.717) is 23.2 Å². The third-order valence-corrected chi connectivity index (χ3v) is 8.54.